The Hall–Kier alpha value is -3.59. The number of likely N-dealkylation sites (tertiary alicyclic amines) is 1. The number of benzene rings is 2. The first-order valence-electron chi connectivity index (χ1n) is 12.0. The minimum Gasteiger partial charge on any atom is -0.494 e. The number of nitrogens with zero attached hydrogens (tertiary/aromatic N) is 3. The van der Waals surface area contributed by atoms with Crippen molar-refractivity contribution in [3.63, 3.8) is 0 Å². The Kier molecular flexibility index (Phi) is 7.09. The Balaban J connectivity index is 1.19. The monoisotopic (exact) mass is 497 g/mol. The van der Waals surface area contributed by atoms with Crippen molar-refractivity contribution in [2.75, 3.05) is 26.2 Å². The first kappa shape index (κ1) is 24.1. The number of oxazole rings is 1. The normalized spacial score (nSPS) is 14.8. The lowest BCUT2D eigenvalue weighted by Crippen LogP contribution is -2.31. The summed E-state index contributed by atoms with van der Waals surface area (Å²) in [4.78, 5) is 10.4. The summed E-state index contributed by atoms with van der Waals surface area (Å²) < 4.78 is 55.5. The van der Waals surface area contributed by atoms with Gasteiger partial charge in [0.25, 0.3) is 0 Å². The van der Waals surface area contributed by atoms with E-state index in [1.807, 2.05) is 24.3 Å². The van der Waals surface area contributed by atoms with Crippen LogP contribution in [0.4, 0.5) is 13.2 Å². The number of hydrogen-bond acceptors (Lipinski definition) is 6. The number of piperidine rings is 1. The lowest BCUT2D eigenvalue weighted by Gasteiger charge is -2.26. The number of ether oxygens (including phenoxy) is 2. The molecule has 0 N–H and O–H groups in total. The van der Waals surface area contributed by atoms with Crippen LogP contribution in [0, 0.1) is 0 Å². The Labute approximate surface area is 206 Å². The van der Waals surface area contributed by atoms with E-state index in [0.29, 0.717) is 29.3 Å². The summed E-state index contributed by atoms with van der Waals surface area (Å²) in [6.07, 6.45) is 1.47. The van der Waals surface area contributed by atoms with Crippen LogP contribution in [-0.2, 0) is 6.18 Å². The highest BCUT2D eigenvalue weighted by atomic mass is 19.4. The Morgan fingerprint density at radius 1 is 0.889 bits per heavy atom. The molecule has 0 bridgehead atoms. The zero-order valence-corrected chi connectivity index (χ0v) is 19.6. The second kappa shape index (κ2) is 10.6. The van der Waals surface area contributed by atoms with E-state index in [4.69, 9.17) is 13.9 Å². The number of fused-ring (bicyclic) bond motifs is 1. The molecular weight excluding hydrogens is 471 g/mol. The summed E-state index contributed by atoms with van der Waals surface area (Å²) >= 11 is 0. The van der Waals surface area contributed by atoms with Gasteiger partial charge in [-0.2, -0.15) is 13.2 Å². The standard InChI is InChI=1S/C27H26F3N3O3/c28-27(29,30)25-12-10-22(18-31-25)35-21-9-11-23-24(17-21)36-26(32-23)19-5-7-20(8-6-19)34-16-4-15-33-13-2-1-3-14-33/h5-12,17-18H,1-4,13-16H2. The predicted molar refractivity (Wildman–Crippen MR) is 129 cm³/mol. The van der Waals surface area contributed by atoms with Crippen LogP contribution in [0.3, 0.4) is 0 Å². The molecule has 2 aromatic heterocycles. The van der Waals surface area contributed by atoms with E-state index in [2.05, 4.69) is 14.9 Å². The van der Waals surface area contributed by atoms with Gasteiger partial charge in [-0.1, -0.05) is 6.42 Å². The maximum Gasteiger partial charge on any atom is 0.433 e. The fourth-order valence-electron chi connectivity index (χ4n) is 4.19. The van der Waals surface area contributed by atoms with E-state index in [0.717, 1.165) is 36.5 Å². The molecule has 6 nitrogen and oxygen atoms in total. The maximum absolute atomic E-state index is 12.7. The largest absolute Gasteiger partial charge is 0.494 e. The van der Waals surface area contributed by atoms with Crippen molar-refractivity contribution in [2.24, 2.45) is 0 Å². The van der Waals surface area contributed by atoms with E-state index < -0.39 is 11.9 Å². The number of hydrogen-bond donors (Lipinski definition) is 0. The molecule has 1 saturated heterocycles. The zero-order chi connectivity index (χ0) is 25.0. The molecule has 3 heterocycles. The van der Waals surface area contributed by atoms with Crippen LogP contribution in [0.15, 0.2) is 65.2 Å². The van der Waals surface area contributed by atoms with Gasteiger partial charge < -0.3 is 18.8 Å². The van der Waals surface area contributed by atoms with Crippen LogP contribution >= 0.6 is 0 Å². The van der Waals surface area contributed by atoms with Gasteiger partial charge in [0.2, 0.25) is 5.89 Å². The van der Waals surface area contributed by atoms with Gasteiger partial charge in [0.1, 0.15) is 28.5 Å². The van der Waals surface area contributed by atoms with E-state index in [9.17, 15) is 13.2 Å². The third-order valence-corrected chi connectivity index (χ3v) is 6.06. The van der Waals surface area contributed by atoms with Crippen molar-refractivity contribution in [1.29, 1.82) is 0 Å². The molecule has 9 heteroatoms. The van der Waals surface area contributed by atoms with E-state index in [1.165, 1.54) is 38.4 Å². The van der Waals surface area contributed by atoms with Crippen LogP contribution in [-0.4, -0.2) is 41.1 Å². The lowest BCUT2D eigenvalue weighted by molar-refractivity contribution is -0.141. The molecule has 36 heavy (non-hydrogen) atoms. The van der Waals surface area contributed by atoms with Gasteiger partial charge in [-0.3, -0.25) is 0 Å². The van der Waals surface area contributed by atoms with Gasteiger partial charge in [-0.25, -0.2) is 9.97 Å². The van der Waals surface area contributed by atoms with Gasteiger partial charge in [-0.15, -0.1) is 0 Å². The first-order valence-corrected chi connectivity index (χ1v) is 12.0. The smallest absolute Gasteiger partial charge is 0.433 e. The fourth-order valence-corrected chi connectivity index (χ4v) is 4.19. The molecule has 1 aliphatic rings. The molecule has 4 aromatic rings. The highest BCUT2D eigenvalue weighted by Crippen LogP contribution is 2.32. The second-order valence-electron chi connectivity index (χ2n) is 8.76. The van der Waals surface area contributed by atoms with Gasteiger partial charge in [-0.05, 0) is 80.9 Å². The molecule has 1 fully saturated rings. The summed E-state index contributed by atoms with van der Waals surface area (Å²) in [5, 5.41) is 0. The second-order valence-corrected chi connectivity index (χ2v) is 8.76. The average molecular weight is 498 g/mol. The molecule has 0 radical (unpaired) electrons. The SMILES string of the molecule is FC(F)(F)c1ccc(Oc2ccc3nc(-c4ccc(OCCCN5CCCCC5)cc4)oc3c2)cn1. The van der Waals surface area contributed by atoms with Crippen molar-refractivity contribution in [3.05, 3.63) is 66.5 Å². The quantitative estimate of drug-likeness (QED) is 0.245. The summed E-state index contributed by atoms with van der Waals surface area (Å²) in [6.45, 7) is 4.14. The Morgan fingerprint density at radius 3 is 2.36 bits per heavy atom. The molecule has 0 amide bonds. The molecule has 5 rings (SSSR count). The molecule has 0 atom stereocenters. The molecule has 0 unspecified atom stereocenters. The molecule has 0 spiro atoms. The average Bonchev–Trinajstić information content (AvgIpc) is 3.31. The molecular formula is C27H26F3N3O3. The lowest BCUT2D eigenvalue weighted by atomic mass is 10.1. The number of rotatable bonds is 8. The molecule has 2 aromatic carbocycles. The predicted octanol–water partition coefficient (Wildman–Crippen LogP) is 6.96. The summed E-state index contributed by atoms with van der Waals surface area (Å²) in [7, 11) is 0. The summed E-state index contributed by atoms with van der Waals surface area (Å²) in [5.41, 5.74) is 0.974. The van der Waals surface area contributed by atoms with Crippen molar-refractivity contribution in [1.82, 2.24) is 14.9 Å². The van der Waals surface area contributed by atoms with Crippen molar-refractivity contribution >= 4 is 11.1 Å². The van der Waals surface area contributed by atoms with Crippen molar-refractivity contribution < 1.29 is 27.1 Å². The van der Waals surface area contributed by atoms with Crippen LogP contribution in [0.5, 0.6) is 17.2 Å². The number of pyridine rings is 1. The van der Waals surface area contributed by atoms with E-state index >= 15 is 0 Å². The zero-order valence-electron chi connectivity index (χ0n) is 19.6. The van der Waals surface area contributed by atoms with Crippen LogP contribution < -0.4 is 9.47 Å². The van der Waals surface area contributed by atoms with Gasteiger partial charge in [0, 0.05) is 18.2 Å². The number of aromatic nitrogens is 2. The summed E-state index contributed by atoms with van der Waals surface area (Å²) in [5.74, 6) is 1.85. The highest BCUT2D eigenvalue weighted by molar-refractivity contribution is 5.77. The van der Waals surface area contributed by atoms with Crippen LogP contribution in [0.25, 0.3) is 22.6 Å². The van der Waals surface area contributed by atoms with Crippen molar-refractivity contribution in [3.8, 4) is 28.7 Å². The minimum absolute atomic E-state index is 0.189. The van der Waals surface area contributed by atoms with Gasteiger partial charge in [0.05, 0.1) is 12.8 Å². The number of alkyl halides is 3. The third-order valence-electron chi connectivity index (χ3n) is 6.06. The fraction of sp³-hybridized carbons (Fsp3) is 0.333. The molecule has 188 valence electrons. The van der Waals surface area contributed by atoms with Gasteiger partial charge >= 0.3 is 6.18 Å². The van der Waals surface area contributed by atoms with Crippen molar-refractivity contribution in [2.45, 2.75) is 31.9 Å². The van der Waals surface area contributed by atoms with E-state index in [1.54, 1.807) is 18.2 Å². The molecule has 1 aliphatic heterocycles. The topological polar surface area (TPSA) is 60.6 Å². The molecule has 0 aliphatic carbocycles. The first-order chi connectivity index (χ1) is 17.4. The summed E-state index contributed by atoms with van der Waals surface area (Å²) in [6, 6.07) is 14.7. The maximum atomic E-state index is 12.7. The van der Waals surface area contributed by atoms with Crippen LogP contribution in [0.1, 0.15) is 31.4 Å². The Morgan fingerprint density at radius 2 is 1.64 bits per heavy atom. The van der Waals surface area contributed by atoms with Crippen LogP contribution in [0.2, 0.25) is 0 Å². The minimum atomic E-state index is -4.50. The third kappa shape index (κ3) is 5.96. The molecule has 0 saturated carbocycles. The highest BCUT2D eigenvalue weighted by Gasteiger charge is 2.32. The van der Waals surface area contributed by atoms with E-state index in [-0.39, 0.29) is 5.75 Å². The van der Waals surface area contributed by atoms with Gasteiger partial charge in [0.15, 0.2) is 5.58 Å². The number of halogens is 3. The Bertz CT molecular complexity index is 1280.